The van der Waals surface area contributed by atoms with Gasteiger partial charge in [0.1, 0.15) is 5.82 Å². The smallest absolute Gasteiger partial charge is 0.249 e. The zero-order chi connectivity index (χ0) is 7.72. The van der Waals surface area contributed by atoms with Gasteiger partial charge >= 0.3 is 0 Å². The molecule has 4 nitrogen and oxygen atoms in total. The van der Waals surface area contributed by atoms with Crippen molar-refractivity contribution in [3.8, 4) is 0 Å². The Morgan fingerprint density at radius 3 is 2.50 bits per heavy atom. The van der Waals surface area contributed by atoms with Crippen molar-refractivity contribution in [2.45, 2.75) is 6.92 Å². The molecule has 0 saturated carbocycles. The number of nitrogen functional groups attached to an aromatic ring is 1. The van der Waals surface area contributed by atoms with Gasteiger partial charge in [0.25, 0.3) is 0 Å². The maximum Gasteiger partial charge on any atom is 0.249 e. The summed E-state index contributed by atoms with van der Waals surface area (Å²) in [4.78, 5) is 3.23. The maximum atomic E-state index is 6.73. The van der Waals surface area contributed by atoms with Gasteiger partial charge in [-0.2, -0.15) is 5.10 Å². The van der Waals surface area contributed by atoms with Crippen LogP contribution < -0.4 is 5.73 Å². The minimum atomic E-state index is 0.438. The Morgan fingerprint density at radius 1 is 1.70 bits per heavy atom. The van der Waals surface area contributed by atoms with Gasteiger partial charge in [0.15, 0.2) is 0 Å². The lowest BCUT2D eigenvalue weighted by Gasteiger charge is -1.90. The van der Waals surface area contributed by atoms with Crippen molar-refractivity contribution in [1.29, 1.82) is 0 Å². The molecule has 1 heterocycles. The Kier molecular flexibility index (Phi) is 1.34. The number of aryl methyl sites for hydroxylation is 2. The molecular formula is C6H8N4. The zero-order valence-electron chi connectivity index (χ0n) is 5.92. The normalized spacial score (nSPS) is 9.30. The summed E-state index contributed by atoms with van der Waals surface area (Å²) in [5.41, 5.74) is 6.65. The fourth-order valence-electron chi connectivity index (χ4n) is 0.803. The molecule has 0 aliphatic heterocycles. The molecule has 0 aromatic carbocycles. The lowest BCUT2D eigenvalue weighted by atomic mass is 10.4. The standard InChI is InChI=1S/C6H8N4/c1-4-5(8-2)6(7)10(3)9-4/h7H2,1,3H3. The Bertz CT molecular complexity index is 291. The number of anilines is 1. The van der Waals surface area contributed by atoms with Gasteiger partial charge in [-0.3, -0.25) is 4.68 Å². The van der Waals surface area contributed by atoms with Crippen LogP contribution in [0.25, 0.3) is 4.85 Å². The minimum absolute atomic E-state index is 0.438. The largest absolute Gasteiger partial charge is 0.393 e. The molecular weight excluding hydrogens is 128 g/mol. The molecule has 0 amide bonds. The third-order valence-electron chi connectivity index (χ3n) is 1.35. The number of nitrogens with zero attached hydrogens (tertiary/aromatic N) is 3. The van der Waals surface area contributed by atoms with Gasteiger partial charge in [-0.1, -0.05) is 0 Å². The van der Waals surface area contributed by atoms with Crippen LogP contribution in [0.2, 0.25) is 0 Å². The van der Waals surface area contributed by atoms with Gasteiger partial charge < -0.3 is 5.73 Å². The van der Waals surface area contributed by atoms with Crippen LogP contribution in [0.4, 0.5) is 11.5 Å². The van der Waals surface area contributed by atoms with E-state index in [1.165, 1.54) is 4.68 Å². The third-order valence-corrected chi connectivity index (χ3v) is 1.35. The Hall–Kier alpha value is -1.50. The molecule has 2 N–H and O–H groups in total. The second kappa shape index (κ2) is 2.03. The molecule has 52 valence electrons. The number of nitrogens with two attached hydrogens (primary N) is 1. The van der Waals surface area contributed by atoms with E-state index in [1.54, 1.807) is 14.0 Å². The van der Waals surface area contributed by atoms with E-state index in [-0.39, 0.29) is 0 Å². The Labute approximate surface area is 59.1 Å². The molecule has 0 unspecified atom stereocenters. The zero-order valence-corrected chi connectivity index (χ0v) is 5.92. The summed E-state index contributed by atoms with van der Waals surface area (Å²) in [7, 11) is 1.72. The third kappa shape index (κ3) is 0.722. The quantitative estimate of drug-likeness (QED) is 0.538. The van der Waals surface area contributed by atoms with Gasteiger partial charge in [-0.25, -0.2) is 4.85 Å². The van der Waals surface area contributed by atoms with Gasteiger partial charge in [0.2, 0.25) is 5.69 Å². The molecule has 1 rings (SSSR count). The molecule has 0 spiro atoms. The SMILES string of the molecule is [C-]#[N+]c1c(C)nn(C)c1N. The molecule has 0 aliphatic carbocycles. The van der Waals surface area contributed by atoms with E-state index in [0.717, 1.165) is 0 Å². The van der Waals surface area contributed by atoms with Gasteiger partial charge in [0.05, 0.1) is 12.3 Å². The van der Waals surface area contributed by atoms with Crippen LogP contribution in [0.15, 0.2) is 0 Å². The highest BCUT2D eigenvalue weighted by atomic mass is 15.3. The molecule has 10 heavy (non-hydrogen) atoms. The van der Waals surface area contributed by atoms with Crippen molar-refractivity contribution >= 4 is 11.5 Å². The second-order valence-electron chi connectivity index (χ2n) is 2.05. The average Bonchev–Trinajstić information content (AvgIpc) is 2.09. The van der Waals surface area contributed by atoms with E-state index in [9.17, 15) is 0 Å². The number of hydrogen-bond acceptors (Lipinski definition) is 2. The van der Waals surface area contributed by atoms with Crippen molar-refractivity contribution in [1.82, 2.24) is 9.78 Å². The first-order valence-corrected chi connectivity index (χ1v) is 2.83. The van der Waals surface area contributed by atoms with Gasteiger partial charge in [-0.05, 0) is 6.92 Å². The van der Waals surface area contributed by atoms with Crippen LogP contribution in [0.5, 0.6) is 0 Å². The van der Waals surface area contributed by atoms with Gasteiger partial charge in [0, 0.05) is 7.05 Å². The van der Waals surface area contributed by atoms with Crippen molar-refractivity contribution in [2.75, 3.05) is 5.73 Å². The summed E-state index contributed by atoms with van der Waals surface area (Å²) in [5, 5.41) is 3.96. The van der Waals surface area contributed by atoms with Crippen LogP contribution in [-0.2, 0) is 7.05 Å². The first-order chi connectivity index (χ1) is 4.66. The lowest BCUT2D eigenvalue weighted by molar-refractivity contribution is 0.767. The maximum absolute atomic E-state index is 6.73. The van der Waals surface area contributed by atoms with E-state index in [1.807, 2.05) is 0 Å². The fourth-order valence-corrected chi connectivity index (χ4v) is 0.803. The number of aromatic nitrogens is 2. The predicted octanol–water partition coefficient (Wildman–Crippen LogP) is 0.862. The van der Waals surface area contributed by atoms with Crippen LogP contribution in [0.1, 0.15) is 5.69 Å². The Balaban J connectivity index is 3.37. The first-order valence-electron chi connectivity index (χ1n) is 2.83. The highest BCUT2D eigenvalue weighted by Crippen LogP contribution is 2.24. The topological polar surface area (TPSA) is 48.2 Å². The van der Waals surface area contributed by atoms with Crippen LogP contribution in [0.3, 0.4) is 0 Å². The van der Waals surface area contributed by atoms with E-state index in [4.69, 9.17) is 12.3 Å². The molecule has 0 atom stereocenters. The molecule has 0 fully saturated rings. The highest BCUT2D eigenvalue weighted by Gasteiger charge is 2.08. The van der Waals surface area contributed by atoms with E-state index in [2.05, 4.69) is 9.94 Å². The van der Waals surface area contributed by atoms with E-state index >= 15 is 0 Å². The number of hydrogen-bond donors (Lipinski definition) is 1. The lowest BCUT2D eigenvalue weighted by Crippen LogP contribution is -1.96. The minimum Gasteiger partial charge on any atom is -0.393 e. The summed E-state index contributed by atoms with van der Waals surface area (Å²) < 4.78 is 1.50. The second-order valence-corrected chi connectivity index (χ2v) is 2.05. The van der Waals surface area contributed by atoms with Crippen LogP contribution >= 0.6 is 0 Å². The fraction of sp³-hybridized carbons (Fsp3) is 0.333. The molecule has 1 aromatic rings. The van der Waals surface area contributed by atoms with E-state index in [0.29, 0.717) is 17.2 Å². The van der Waals surface area contributed by atoms with Crippen LogP contribution in [0, 0.1) is 13.5 Å². The Morgan fingerprint density at radius 2 is 2.30 bits per heavy atom. The molecule has 1 aromatic heterocycles. The molecule has 0 radical (unpaired) electrons. The highest BCUT2D eigenvalue weighted by molar-refractivity contribution is 5.65. The summed E-state index contributed by atoms with van der Waals surface area (Å²) in [6, 6.07) is 0. The van der Waals surface area contributed by atoms with E-state index < -0.39 is 0 Å². The summed E-state index contributed by atoms with van der Waals surface area (Å²) in [6.45, 7) is 8.50. The van der Waals surface area contributed by atoms with Crippen molar-refractivity contribution in [2.24, 2.45) is 7.05 Å². The monoisotopic (exact) mass is 136 g/mol. The van der Waals surface area contributed by atoms with Crippen molar-refractivity contribution in [3.05, 3.63) is 17.1 Å². The summed E-state index contributed by atoms with van der Waals surface area (Å²) in [6.07, 6.45) is 0. The first kappa shape index (κ1) is 6.62. The number of rotatable bonds is 0. The predicted molar refractivity (Wildman–Crippen MR) is 38.6 cm³/mol. The van der Waals surface area contributed by atoms with Crippen LogP contribution in [-0.4, -0.2) is 9.78 Å². The average molecular weight is 136 g/mol. The van der Waals surface area contributed by atoms with Gasteiger partial charge in [-0.15, -0.1) is 0 Å². The molecule has 4 heteroatoms. The van der Waals surface area contributed by atoms with Crippen molar-refractivity contribution < 1.29 is 0 Å². The molecule has 0 bridgehead atoms. The summed E-state index contributed by atoms with van der Waals surface area (Å²) in [5.74, 6) is 0.438. The van der Waals surface area contributed by atoms with Crippen molar-refractivity contribution in [3.63, 3.8) is 0 Å². The molecule has 0 aliphatic rings. The molecule has 0 saturated heterocycles. The summed E-state index contributed by atoms with van der Waals surface area (Å²) >= 11 is 0.